The van der Waals surface area contributed by atoms with Crippen molar-refractivity contribution in [2.75, 3.05) is 11.1 Å². The number of anilines is 1. The number of hydrogen-bond acceptors (Lipinski definition) is 5. The lowest BCUT2D eigenvalue weighted by Crippen LogP contribution is -2.17. The number of benzene rings is 3. The summed E-state index contributed by atoms with van der Waals surface area (Å²) in [5, 5.41) is 12.4. The van der Waals surface area contributed by atoms with E-state index in [0.29, 0.717) is 32.7 Å². The summed E-state index contributed by atoms with van der Waals surface area (Å²) in [7, 11) is 0. The van der Waals surface area contributed by atoms with Gasteiger partial charge in [0, 0.05) is 21.8 Å². The highest BCUT2D eigenvalue weighted by molar-refractivity contribution is 7.99. The summed E-state index contributed by atoms with van der Waals surface area (Å²) in [6.07, 6.45) is 0. The number of halogens is 2. The Morgan fingerprint density at radius 1 is 0.875 bits per heavy atom. The molecule has 0 saturated carbocycles. The van der Waals surface area contributed by atoms with Crippen LogP contribution in [0.2, 0.25) is 10.0 Å². The Morgan fingerprint density at radius 2 is 1.56 bits per heavy atom. The highest BCUT2D eigenvalue weighted by atomic mass is 35.5. The first kappa shape index (κ1) is 22.1. The van der Waals surface area contributed by atoms with Crippen molar-refractivity contribution in [3.63, 3.8) is 0 Å². The maximum atomic E-state index is 13.4. The lowest BCUT2D eigenvalue weighted by molar-refractivity contribution is -0.113. The number of nitrogens with zero attached hydrogens (tertiary/aromatic N) is 3. The molecule has 0 aliphatic heterocycles. The fourth-order valence-electron chi connectivity index (χ4n) is 2.93. The first-order valence-electron chi connectivity index (χ1n) is 9.51. The van der Waals surface area contributed by atoms with Crippen LogP contribution in [0.5, 0.6) is 0 Å². The van der Waals surface area contributed by atoms with Crippen molar-refractivity contribution < 1.29 is 9.59 Å². The molecule has 0 saturated heterocycles. The molecule has 9 heteroatoms. The molecule has 0 radical (unpaired) electrons. The molecule has 160 valence electrons. The average molecular weight is 483 g/mol. The van der Waals surface area contributed by atoms with Crippen molar-refractivity contribution in [1.82, 2.24) is 14.8 Å². The molecule has 0 aliphatic rings. The summed E-state index contributed by atoms with van der Waals surface area (Å²) >= 11 is 13.4. The molecule has 1 N–H and O–H groups in total. The second-order valence-electron chi connectivity index (χ2n) is 6.64. The van der Waals surface area contributed by atoms with Gasteiger partial charge in [-0.05, 0) is 48.5 Å². The highest BCUT2D eigenvalue weighted by Crippen LogP contribution is 2.30. The lowest BCUT2D eigenvalue weighted by Gasteiger charge is -2.10. The van der Waals surface area contributed by atoms with Crippen molar-refractivity contribution in [1.29, 1.82) is 0 Å². The van der Waals surface area contributed by atoms with E-state index < -0.39 is 0 Å². The number of amides is 1. The summed E-state index contributed by atoms with van der Waals surface area (Å²) < 4.78 is 1.37. The van der Waals surface area contributed by atoms with Crippen LogP contribution in [0.3, 0.4) is 0 Å². The Morgan fingerprint density at radius 3 is 2.28 bits per heavy atom. The molecule has 0 atom stereocenters. The van der Waals surface area contributed by atoms with Crippen LogP contribution in [0, 0.1) is 0 Å². The van der Waals surface area contributed by atoms with Gasteiger partial charge in [-0.2, -0.15) is 0 Å². The number of para-hydroxylation sites is 1. The topological polar surface area (TPSA) is 76.9 Å². The smallest absolute Gasteiger partial charge is 0.265 e. The summed E-state index contributed by atoms with van der Waals surface area (Å²) in [6, 6.07) is 22.7. The van der Waals surface area contributed by atoms with Crippen LogP contribution < -0.4 is 5.32 Å². The van der Waals surface area contributed by atoms with Gasteiger partial charge in [-0.1, -0.05) is 65.3 Å². The zero-order valence-electron chi connectivity index (χ0n) is 16.5. The van der Waals surface area contributed by atoms with Crippen LogP contribution >= 0.6 is 35.0 Å². The predicted molar refractivity (Wildman–Crippen MR) is 127 cm³/mol. The van der Waals surface area contributed by atoms with E-state index in [1.165, 1.54) is 4.57 Å². The van der Waals surface area contributed by atoms with Crippen molar-refractivity contribution in [3.8, 4) is 11.4 Å². The maximum absolute atomic E-state index is 13.4. The predicted octanol–water partition coefficient (Wildman–Crippen LogP) is 5.67. The monoisotopic (exact) mass is 482 g/mol. The molecule has 0 spiro atoms. The SMILES string of the molecule is O=C(CSc1nnc(-c2ccccc2Cl)n1C(=O)c1ccc(Cl)cc1)Nc1ccccc1. The number of carbonyl (C=O) groups excluding carboxylic acids is 2. The highest BCUT2D eigenvalue weighted by Gasteiger charge is 2.23. The summed E-state index contributed by atoms with van der Waals surface area (Å²) in [6.45, 7) is 0. The van der Waals surface area contributed by atoms with Crippen molar-refractivity contribution in [3.05, 3.63) is 94.5 Å². The first-order chi connectivity index (χ1) is 15.5. The van der Waals surface area contributed by atoms with E-state index in [1.807, 2.05) is 18.2 Å². The van der Waals surface area contributed by atoms with Gasteiger partial charge in [-0.25, -0.2) is 4.57 Å². The zero-order valence-corrected chi connectivity index (χ0v) is 18.9. The molecule has 4 rings (SSSR count). The van der Waals surface area contributed by atoms with Crippen molar-refractivity contribution in [2.45, 2.75) is 5.16 Å². The van der Waals surface area contributed by atoms with E-state index >= 15 is 0 Å². The largest absolute Gasteiger partial charge is 0.325 e. The molecule has 1 aromatic heterocycles. The number of hydrogen-bond donors (Lipinski definition) is 1. The zero-order chi connectivity index (χ0) is 22.5. The molecule has 6 nitrogen and oxygen atoms in total. The van der Waals surface area contributed by atoms with E-state index in [2.05, 4.69) is 15.5 Å². The van der Waals surface area contributed by atoms with Crippen LogP contribution in [0.25, 0.3) is 11.4 Å². The minimum Gasteiger partial charge on any atom is -0.325 e. The van der Waals surface area contributed by atoms with Gasteiger partial charge in [0.05, 0.1) is 10.8 Å². The Hall–Kier alpha value is -3.13. The average Bonchev–Trinajstić information content (AvgIpc) is 3.22. The fourth-order valence-corrected chi connectivity index (χ4v) is 4.01. The fraction of sp³-hybridized carbons (Fsp3) is 0.0435. The van der Waals surface area contributed by atoms with Crippen LogP contribution in [0.4, 0.5) is 5.69 Å². The minimum atomic E-state index is -0.354. The van der Waals surface area contributed by atoms with Crippen molar-refractivity contribution >= 4 is 52.5 Å². The molecule has 0 aliphatic carbocycles. The third-order valence-corrected chi connectivity index (χ3v) is 5.94. The number of rotatable bonds is 6. The Labute approximate surface area is 198 Å². The third-order valence-electron chi connectivity index (χ3n) is 4.43. The Bertz CT molecular complexity index is 1260. The molecule has 3 aromatic carbocycles. The molecular formula is C23H16Cl2N4O2S. The Kier molecular flexibility index (Phi) is 6.90. The van der Waals surface area contributed by atoms with Crippen LogP contribution in [0.1, 0.15) is 10.4 Å². The number of thioether (sulfide) groups is 1. The third kappa shape index (κ3) is 5.02. The van der Waals surface area contributed by atoms with Crippen LogP contribution in [-0.4, -0.2) is 32.3 Å². The van der Waals surface area contributed by atoms with E-state index in [1.54, 1.807) is 60.7 Å². The first-order valence-corrected chi connectivity index (χ1v) is 11.3. The number of carbonyl (C=O) groups is 2. The second-order valence-corrected chi connectivity index (χ2v) is 8.42. The summed E-state index contributed by atoms with van der Waals surface area (Å²) in [5.74, 6) is -0.244. The van der Waals surface area contributed by atoms with Gasteiger partial charge >= 0.3 is 0 Å². The van der Waals surface area contributed by atoms with Crippen LogP contribution in [0.15, 0.2) is 84.0 Å². The standard InChI is InChI=1S/C23H16Cl2N4O2S/c24-16-12-10-15(11-13-16)22(31)29-21(18-8-4-5-9-19(18)25)27-28-23(29)32-14-20(30)26-17-6-2-1-3-7-17/h1-13H,14H2,(H,26,30). The molecule has 32 heavy (non-hydrogen) atoms. The molecular weight excluding hydrogens is 467 g/mol. The van der Waals surface area contributed by atoms with Gasteiger partial charge in [0.2, 0.25) is 5.91 Å². The van der Waals surface area contributed by atoms with Gasteiger partial charge in [0.1, 0.15) is 0 Å². The second kappa shape index (κ2) is 9.99. The van der Waals surface area contributed by atoms with Gasteiger partial charge in [0.15, 0.2) is 11.0 Å². The minimum absolute atomic E-state index is 0.0451. The maximum Gasteiger partial charge on any atom is 0.265 e. The lowest BCUT2D eigenvalue weighted by atomic mass is 10.2. The molecule has 0 bridgehead atoms. The quantitative estimate of drug-likeness (QED) is 0.358. The van der Waals surface area contributed by atoms with Gasteiger partial charge in [-0.3, -0.25) is 9.59 Å². The molecule has 0 unspecified atom stereocenters. The van der Waals surface area contributed by atoms with Gasteiger partial charge < -0.3 is 5.32 Å². The van der Waals surface area contributed by atoms with Crippen molar-refractivity contribution in [2.24, 2.45) is 0 Å². The Balaban J connectivity index is 1.64. The molecule has 1 heterocycles. The molecule has 1 amide bonds. The van der Waals surface area contributed by atoms with E-state index in [9.17, 15) is 9.59 Å². The summed E-state index contributed by atoms with van der Waals surface area (Å²) in [4.78, 5) is 25.8. The summed E-state index contributed by atoms with van der Waals surface area (Å²) in [5.41, 5.74) is 1.65. The number of nitrogens with one attached hydrogen (secondary N) is 1. The van der Waals surface area contributed by atoms with E-state index in [-0.39, 0.29) is 22.7 Å². The van der Waals surface area contributed by atoms with Gasteiger partial charge in [-0.15, -0.1) is 10.2 Å². The molecule has 4 aromatic rings. The van der Waals surface area contributed by atoms with Crippen LogP contribution in [-0.2, 0) is 4.79 Å². The normalized spacial score (nSPS) is 10.7. The van der Waals surface area contributed by atoms with E-state index in [4.69, 9.17) is 23.2 Å². The molecule has 0 fully saturated rings. The number of aromatic nitrogens is 3. The van der Waals surface area contributed by atoms with Gasteiger partial charge in [0.25, 0.3) is 5.91 Å². The van der Waals surface area contributed by atoms with E-state index in [0.717, 1.165) is 11.8 Å².